The largest absolute Gasteiger partial charge is 0.497 e. The zero-order valence-electron chi connectivity index (χ0n) is 17.4. The maximum atomic E-state index is 14.1. The molecule has 158 valence electrons. The van der Waals surface area contributed by atoms with E-state index < -0.39 is 5.82 Å². The van der Waals surface area contributed by atoms with Crippen LogP contribution < -0.4 is 25.0 Å². The number of nitrogens with zero attached hydrogens (tertiary/aromatic N) is 3. The highest BCUT2D eigenvalue weighted by Crippen LogP contribution is 2.30. The predicted molar refractivity (Wildman–Crippen MR) is 115 cm³/mol. The molecule has 7 nitrogen and oxygen atoms in total. The van der Waals surface area contributed by atoms with E-state index in [0.29, 0.717) is 17.1 Å². The molecule has 0 aliphatic carbocycles. The van der Waals surface area contributed by atoms with Crippen molar-refractivity contribution in [3.63, 3.8) is 0 Å². The Bertz CT molecular complexity index is 935. The molecule has 2 aromatic rings. The number of guanidine groups is 1. The molecule has 0 aromatic heterocycles. The summed E-state index contributed by atoms with van der Waals surface area (Å²) in [5.74, 6) is 1.70. The molecule has 1 aliphatic rings. The Morgan fingerprint density at radius 3 is 2.57 bits per heavy atom. The molecule has 30 heavy (non-hydrogen) atoms. The van der Waals surface area contributed by atoms with E-state index in [0.717, 1.165) is 36.7 Å². The highest BCUT2D eigenvalue weighted by atomic mass is 19.1. The van der Waals surface area contributed by atoms with Gasteiger partial charge in [-0.3, -0.25) is 4.99 Å². The highest BCUT2D eigenvalue weighted by molar-refractivity contribution is 5.80. The first-order valence-electron chi connectivity index (χ1n) is 9.70. The molecule has 2 aromatic carbocycles. The Morgan fingerprint density at radius 2 is 1.97 bits per heavy atom. The number of nitrogens with one attached hydrogen (secondary N) is 2. The Morgan fingerprint density at radius 1 is 1.23 bits per heavy atom. The molecule has 0 amide bonds. The summed E-state index contributed by atoms with van der Waals surface area (Å²) in [6.07, 6.45) is 0.936. The molecule has 2 N–H and O–H groups in total. The van der Waals surface area contributed by atoms with Gasteiger partial charge in [-0.2, -0.15) is 5.26 Å². The summed E-state index contributed by atoms with van der Waals surface area (Å²) in [6.45, 7) is 1.96. The van der Waals surface area contributed by atoms with E-state index in [-0.39, 0.29) is 12.6 Å². The van der Waals surface area contributed by atoms with Crippen molar-refractivity contribution in [2.24, 2.45) is 4.99 Å². The molecule has 8 heteroatoms. The highest BCUT2D eigenvalue weighted by Gasteiger charge is 2.24. The SMILES string of the molecule is CN=C(NCc1ccc(C#N)cc1F)NC1CCN(c2cc(OC)cc(OC)c2)C1. The zero-order chi connectivity index (χ0) is 21.5. The third-order valence-corrected chi connectivity index (χ3v) is 5.08. The van der Waals surface area contributed by atoms with Gasteiger partial charge in [-0.15, -0.1) is 0 Å². The molecule has 1 fully saturated rings. The molecular formula is C22H26FN5O2. The van der Waals surface area contributed by atoms with Crippen molar-refractivity contribution in [1.82, 2.24) is 10.6 Å². The Balaban J connectivity index is 1.58. The monoisotopic (exact) mass is 411 g/mol. The van der Waals surface area contributed by atoms with Crippen molar-refractivity contribution in [2.45, 2.75) is 19.0 Å². The van der Waals surface area contributed by atoms with E-state index in [1.54, 1.807) is 33.4 Å². The second kappa shape index (κ2) is 9.83. The van der Waals surface area contributed by atoms with Crippen LogP contribution >= 0.6 is 0 Å². The van der Waals surface area contributed by atoms with Crippen molar-refractivity contribution in [2.75, 3.05) is 39.3 Å². The van der Waals surface area contributed by atoms with Crippen molar-refractivity contribution in [1.29, 1.82) is 5.26 Å². The van der Waals surface area contributed by atoms with E-state index in [2.05, 4.69) is 20.5 Å². The van der Waals surface area contributed by atoms with Crippen LogP contribution in [0.25, 0.3) is 0 Å². The molecular weight excluding hydrogens is 385 g/mol. The number of rotatable bonds is 6. The summed E-state index contributed by atoms with van der Waals surface area (Å²) < 4.78 is 24.8. The van der Waals surface area contributed by atoms with Gasteiger partial charge in [-0.1, -0.05) is 6.07 Å². The first-order valence-corrected chi connectivity index (χ1v) is 9.70. The fourth-order valence-corrected chi connectivity index (χ4v) is 3.41. The lowest BCUT2D eigenvalue weighted by atomic mass is 10.1. The van der Waals surface area contributed by atoms with Crippen LogP contribution in [0.4, 0.5) is 10.1 Å². The average molecular weight is 411 g/mol. The lowest BCUT2D eigenvalue weighted by Gasteiger charge is -2.21. The van der Waals surface area contributed by atoms with Crippen LogP contribution in [0.5, 0.6) is 11.5 Å². The van der Waals surface area contributed by atoms with Gasteiger partial charge in [0.05, 0.1) is 25.9 Å². The Labute approximate surface area is 176 Å². The fourth-order valence-electron chi connectivity index (χ4n) is 3.41. The van der Waals surface area contributed by atoms with Gasteiger partial charge in [-0.25, -0.2) is 4.39 Å². The van der Waals surface area contributed by atoms with E-state index in [9.17, 15) is 4.39 Å². The minimum absolute atomic E-state index is 0.194. The molecule has 0 saturated carbocycles. The van der Waals surface area contributed by atoms with Crippen molar-refractivity contribution >= 4 is 11.6 Å². The van der Waals surface area contributed by atoms with Crippen LogP contribution in [0.15, 0.2) is 41.4 Å². The van der Waals surface area contributed by atoms with Crippen LogP contribution in [-0.2, 0) is 6.54 Å². The molecule has 0 spiro atoms. The summed E-state index contributed by atoms with van der Waals surface area (Å²) >= 11 is 0. The number of hydrogen-bond donors (Lipinski definition) is 2. The molecule has 1 heterocycles. The fraction of sp³-hybridized carbons (Fsp3) is 0.364. The molecule has 3 rings (SSSR count). The molecule has 1 unspecified atom stereocenters. The van der Waals surface area contributed by atoms with Crippen LogP contribution in [0.3, 0.4) is 0 Å². The topological polar surface area (TPSA) is 81.9 Å². The minimum atomic E-state index is -0.406. The predicted octanol–water partition coefficient (Wildman–Crippen LogP) is 2.66. The van der Waals surface area contributed by atoms with E-state index in [1.165, 1.54) is 6.07 Å². The lowest BCUT2D eigenvalue weighted by molar-refractivity contribution is 0.394. The lowest BCUT2D eigenvalue weighted by Crippen LogP contribution is -2.44. The number of ether oxygens (including phenoxy) is 2. The number of aliphatic imine (C=N–C) groups is 1. The first-order chi connectivity index (χ1) is 14.6. The van der Waals surface area contributed by atoms with Gasteiger partial charge in [0.15, 0.2) is 5.96 Å². The van der Waals surface area contributed by atoms with Crippen molar-refractivity contribution in [3.05, 3.63) is 53.3 Å². The van der Waals surface area contributed by atoms with Crippen LogP contribution in [0.2, 0.25) is 0 Å². The van der Waals surface area contributed by atoms with Crippen molar-refractivity contribution < 1.29 is 13.9 Å². The Hall–Kier alpha value is -3.47. The van der Waals surface area contributed by atoms with Crippen LogP contribution in [0.1, 0.15) is 17.5 Å². The number of methoxy groups -OCH3 is 2. The van der Waals surface area contributed by atoms with Gasteiger partial charge in [-0.05, 0) is 18.6 Å². The average Bonchev–Trinajstić information content (AvgIpc) is 3.25. The van der Waals surface area contributed by atoms with Gasteiger partial charge in [0.25, 0.3) is 0 Å². The van der Waals surface area contributed by atoms with Crippen LogP contribution in [0, 0.1) is 17.1 Å². The van der Waals surface area contributed by atoms with Gasteiger partial charge in [0.2, 0.25) is 0 Å². The summed E-state index contributed by atoms with van der Waals surface area (Å²) in [4.78, 5) is 6.50. The number of nitriles is 1. The van der Waals surface area contributed by atoms with E-state index >= 15 is 0 Å². The summed E-state index contributed by atoms with van der Waals surface area (Å²) in [5.41, 5.74) is 1.82. The van der Waals surface area contributed by atoms with Gasteiger partial charge < -0.3 is 25.0 Å². The zero-order valence-corrected chi connectivity index (χ0v) is 17.4. The minimum Gasteiger partial charge on any atom is -0.497 e. The Kier molecular flexibility index (Phi) is 6.96. The number of anilines is 1. The standard InChI is InChI=1S/C22H26FN5O2/c1-25-22(26-13-16-5-4-15(12-24)8-21(16)23)27-17-6-7-28(14-17)18-9-19(29-2)11-20(10-18)30-3/h4-5,8-11,17H,6-7,13-14H2,1-3H3,(H2,25,26,27). The van der Waals surface area contributed by atoms with Crippen molar-refractivity contribution in [3.8, 4) is 17.6 Å². The second-order valence-electron chi connectivity index (χ2n) is 6.99. The van der Waals surface area contributed by atoms with E-state index in [4.69, 9.17) is 14.7 Å². The summed E-state index contributed by atoms with van der Waals surface area (Å²) in [7, 11) is 4.96. The number of halogens is 1. The third kappa shape index (κ3) is 5.11. The normalized spacial score (nSPS) is 16.2. The third-order valence-electron chi connectivity index (χ3n) is 5.08. The molecule has 0 bridgehead atoms. The van der Waals surface area contributed by atoms with Crippen LogP contribution in [-0.4, -0.2) is 46.4 Å². The number of benzene rings is 2. The molecule has 1 atom stereocenters. The summed E-state index contributed by atoms with van der Waals surface area (Å²) in [6, 6.07) is 12.4. The maximum absolute atomic E-state index is 14.1. The first kappa shape index (κ1) is 21.2. The quantitative estimate of drug-likeness (QED) is 0.562. The van der Waals surface area contributed by atoms with Gasteiger partial charge >= 0.3 is 0 Å². The smallest absolute Gasteiger partial charge is 0.191 e. The van der Waals surface area contributed by atoms with E-state index in [1.807, 2.05) is 24.3 Å². The molecule has 0 radical (unpaired) electrons. The summed E-state index contributed by atoms with van der Waals surface area (Å²) in [5, 5.41) is 15.4. The second-order valence-corrected chi connectivity index (χ2v) is 6.99. The molecule has 1 aliphatic heterocycles. The number of hydrogen-bond acceptors (Lipinski definition) is 5. The maximum Gasteiger partial charge on any atom is 0.191 e. The van der Waals surface area contributed by atoms with Gasteiger partial charge in [0, 0.05) is 62.2 Å². The molecule has 1 saturated heterocycles. The van der Waals surface area contributed by atoms with Gasteiger partial charge in [0.1, 0.15) is 17.3 Å².